The smallest absolute Gasteiger partial charge is 0.407 e. The summed E-state index contributed by atoms with van der Waals surface area (Å²) in [5.74, 6) is 1.28. The van der Waals surface area contributed by atoms with Crippen molar-refractivity contribution < 1.29 is 9.53 Å². The van der Waals surface area contributed by atoms with E-state index in [-0.39, 0.29) is 6.09 Å². The van der Waals surface area contributed by atoms with Gasteiger partial charge in [0.1, 0.15) is 17.7 Å². The number of fused-ring (bicyclic) bond motifs is 1. The first-order valence-corrected chi connectivity index (χ1v) is 8.68. The van der Waals surface area contributed by atoms with Crippen molar-refractivity contribution in [2.45, 2.75) is 39.2 Å². The lowest BCUT2D eigenvalue weighted by atomic mass is 9.98. The van der Waals surface area contributed by atoms with Crippen LogP contribution < -0.4 is 10.2 Å². The van der Waals surface area contributed by atoms with E-state index in [0.717, 1.165) is 42.8 Å². The number of anilines is 1. The van der Waals surface area contributed by atoms with Crippen molar-refractivity contribution in [3.05, 3.63) is 12.5 Å². The Morgan fingerprint density at radius 1 is 1.40 bits per heavy atom. The first-order valence-electron chi connectivity index (χ1n) is 8.68. The summed E-state index contributed by atoms with van der Waals surface area (Å²) in [6.45, 7) is 7.99. The quantitative estimate of drug-likeness (QED) is 0.916. The zero-order chi connectivity index (χ0) is 18.0. The number of carbonyl (C=O) groups excluding carboxylic acids is 1. The Morgan fingerprint density at radius 2 is 2.20 bits per heavy atom. The monoisotopic (exact) mass is 346 g/mol. The van der Waals surface area contributed by atoms with E-state index in [1.165, 1.54) is 0 Å². The molecule has 0 spiro atoms. The van der Waals surface area contributed by atoms with Crippen molar-refractivity contribution in [3.63, 3.8) is 0 Å². The first kappa shape index (κ1) is 17.4. The van der Waals surface area contributed by atoms with Gasteiger partial charge in [0.15, 0.2) is 5.65 Å². The largest absolute Gasteiger partial charge is 0.444 e. The number of nitrogens with zero attached hydrogens (tertiary/aromatic N) is 5. The Kier molecular flexibility index (Phi) is 4.78. The number of carbonyl (C=O) groups is 1. The Labute approximate surface area is 147 Å². The molecular formula is C17H26N6O2. The van der Waals surface area contributed by atoms with Gasteiger partial charge < -0.3 is 15.0 Å². The van der Waals surface area contributed by atoms with E-state index in [2.05, 4.69) is 25.3 Å². The lowest BCUT2D eigenvalue weighted by Gasteiger charge is -2.34. The van der Waals surface area contributed by atoms with E-state index in [0.29, 0.717) is 12.5 Å². The number of piperidine rings is 1. The summed E-state index contributed by atoms with van der Waals surface area (Å²) in [5, 5.41) is 8.13. The summed E-state index contributed by atoms with van der Waals surface area (Å²) in [6, 6.07) is 0. The molecule has 8 nitrogen and oxygen atoms in total. The molecule has 1 aliphatic heterocycles. The van der Waals surface area contributed by atoms with Crippen LogP contribution in [0.4, 0.5) is 10.6 Å². The van der Waals surface area contributed by atoms with Gasteiger partial charge in [-0.05, 0) is 39.5 Å². The molecule has 1 N–H and O–H groups in total. The molecule has 0 radical (unpaired) electrons. The lowest BCUT2D eigenvalue weighted by Crippen LogP contribution is -2.42. The van der Waals surface area contributed by atoms with Crippen LogP contribution in [0.2, 0.25) is 0 Å². The summed E-state index contributed by atoms with van der Waals surface area (Å²) in [6.07, 6.45) is 5.18. The fourth-order valence-corrected chi connectivity index (χ4v) is 3.17. The average Bonchev–Trinajstić information content (AvgIpc) is 2.93. The van der Waals surface area contributed by atoms with Crippen LogP contribution in [0.5, 0.6) is 0 Å². The van der Waals surface area contributed by atoms with Gasteiger partial charge in [0.25, 0.3) is 0 Å². The Hall–Kier alpha value is -2.38. The van der Waals surface area contributed by atoms with E-state index < -0.39 is 5.60 Å². The molecule has 8 heteroatoms. The normalized spacial score (nSPS) is 18.4. The van der Waals surface area contributed by atoms with Gasteiger partial charge >= 0.3 is 6.09 Å². The summed E-state index contributed by atoms with van der Waals surface area (Å²) in [5.41, 5.74) is 0.356. The third kappa shape index (κ3) is 4.18. The summed E-state index contributed by atoms with van der Waals surface area (Å²) >= 11 is 0. The molecule has 2 aromatic rings. The van der Waals surface area contributed by atoms with Crippen molar-refractivity contribution in [3.8, 4) is 0 Å². The maximum Gasteiger partial charge on any atom is 0.407 e. The molecule has 0 aromatic carbocycles. The number of aromatic nitrogens is 4. The van der Waals surface area contributed by atoms with Crippen LogP contribution in [0.15, 0.2) is 12.5 Å². The predicted molar refractivity (Wildman–Crippen MR) is 95.5 cm³/mol. The van der Waals surface area contributed by atoms with Crippen LogP contribution in [-0.2, 0) is 11.8 Å². The second kappa shape index (κ2) is 6.85. The fraction of sp³-hybridized carbons (Fsp3) is 0.647. The standard InChI is InChI=1S/C17H26N6O2/c1-17(2,3)25-16(24)18-8-12-6-5-7-23(10-12)15-13-9-21-22(4)14(13)19-11-20-15/h9,11-12H,5-8,10H2,1-4H3,(H,18,24). The van der Waals surface area contributed by atoms with E-state index in [9.17, 15) is 4.79 Å². The summed E-state index contributed by atoms with van der Waals surface area (Å²) < 4.78 is 7.06. The van der Waals surface area contributed by atoms with Gasteiger partial charge in [-0.15, -0.1) is 0 Å². The summed E-state index contributed by atoms with van der Waals surface area (Å²) in [4.78, 5) is 22.9. The molecule has 1 unspecified atom stereocenters. The van der Waals surface area contributed by atoms with E-state index >= 15 is 0 Å². The van der Waals surface area contributed by atoms with Crippen LogP contribution in [0.1, 0.15) is 33.6 Å². The molecule has 1 saturated heterocycles. The number of aryl methyl sites for hydroxylation is 1. The van der Waals surface area contributed by atoms with Gasteiger partial charge in [-0.3, -0.25) is 4.68 Å². The highest BCUT2D eigenvalue weighted by molar-refractivity contribution is 5.86. The number of hydrogen-bond acceptors (Lipinski definition) is 6. The molecule has 0 aliphatic carbocycles. The third-order valence-electron chi connectivity index (χ3n) is 4.26. The van der Waals surface area contributed by atoms with Crippen molar-refractivity contribution in [2.75, 3.05) is 24.5 Å². The van der Waals surface area contributed by atoms with Crippen molar-refractivity contribution in [2.24, 2.45) is 13.0 Å². The second-order valence-corrected chi connectivity index (χ2v) is 7.54. The van der Waals surface area contributed by atoms with Crippen molar-refractivity contribution in [1.82, 2.24) is 25.1 Å². The highest BCUT2D eigenvalue weighted by atomic mass is 16.6. The molecule has 3 rings (SSSR count). The minimum absolute atomic E-state index is 0.360. The average molecular weight is 346 g/mol. The predicted octanol–water partition coefficient (Wildman–Crippen LogP) is 2.10. The van der Waals surface area contributed by atoms with Crippen molar-refractivity contribution in [1.29, 1.82) is 0 Å². The van der Waals surface area contributed by atoms with Crippen LogP contribution in [0.3, 0.4) is 0 Å². The van der Waals surface area contributed by atoms with Crippen LogP contribution in [-0.4, -0.2) is 51.1 Å². The van der Waals surface area contributed by atoms with Gasteiger partial charge in [0.05, 0.1) is 11.6 Å². The lowest BCUT2D eigenvalue weighted by molar-refractivity contribution is 0.0517. The van der Waals surface area contributed by atoms with Gasteiger partial charge in [-0.1, -0.05) is 0 Å². The molecule has 0 saturated carbocycles. The molecule has 1 fully saturated rings. The van der Waals surface area contributed by atoms with Gasteiger partial charge in [0, 0.05) is 26.7 Å². The van der Waals surface area contributed by atoms with E-state index in [1.54, 1.807) is 11.0 Å². The first-order chi connectivity index (χ1) is 11.8. The minimum atomic E-state index is -0.477. The van der Waals surface area contributed by atoms with Gasteiger partial charge in [0.2, 0.25) is 0 Å². The molecule has 136 valence electrons. The van der Waals surface area contributed by atoms with Gasteiger partial charge in [-0.2, -0.15) is 5.10 Å². The van der Waals surface area contributed by atoms with Crippen LogP contribution >= 0.6 is 0 Å². The fourth-order valence-electron chi connectivity index (χ4n) is 3.17. The zero-order valence-electron chi connectivity index (χ0n) is 15.3. The number of alkyl carbamates (subject to hydrolysis) is 1. The maximum absolute atomic E-state index is 11.9. The van der Waals surface area contributed by atoms with Crippen molar-refractivity contribution >= 4 is 22.9 Å². The molecule has 1 aliphatic rings. The highest BCUT2D eigenvalue weighted by Gasteiger charge is 2.24. The number of hydrogen-bond donors (Lipinski definition) is 1. The SMILES string of the molecule is Cn1ncc2c(N3CCCC(CNC(=O)OC(C)(C)C)C3)ncnc21. The Balaban J connectivity index is 1.64. The van der Waals surface area contributed by atoms with Crippen LogP contribution in [0.25, 0.3) is 11.0 Å². The molecule has 25 heavy (non-hydrogen) atoms. The zero-order valence-corrected chi connectivity index (χ0v) is 15.3. The number of nitrogens with one attached hydrogen (secondary N) is 1. The summed E-state index contributed by atoms with van der Waals surface area (Å²) in [7, 11) is 1.88. The number of ether oxygens (including phenoxy) is 1. The van der Waals surface area contributed by atoms with E-state index in [1.807, 2.05) is 34.0 Å². The van der Waals surface area contributed by atoms with E-state index in [4.69, 9.17) is 4.74 Å². The Bertz CT molecular complexity index is 751. The molecule has 3 heterocycles. The van der Waals surface area contributed by atoms with Crippen LogP contribution in [0, 0.1) is 5.92 Å². The minimum Gasteiger partial charge on any atom is -0.444 e. The molecule has 2 aromatic heterocycles. The number of rotatable bonds is 3. The molecule has 1 atom stereocenters. The van der Waals surface area contributed by atoms with Gasteiger partial charge in [-0.25, -0.2) is 14.8 Å². The second-order valence-electron chi connectivity index (χ2n) is 7.54. The maximum atomic E-state index is 11.9. The molecule has 1 amide bonds. The number of amides is 1. The third-order valence-corrected chi connectivity index (χ3v) is 4.26. The Morgan fingerprint density at radius 3 is 2.96 bits per heavy atom. The highest BCUT2D eigenvalue weighted by Crippen LogP contribution is 2.26. The molecular weight excluding hydrogens is 320 g/mol. The molecule has 0 bridgehead atoms. The topological polar surface area (TPSA) is 85.2 Å².